The van der Waals surface area contributed by atoms with Crippen molar-refractivity contribution in [3.05, 3.63) is 40.9 Å². The van der Waals surface area contributed by atoms with E-state index in [1.54, 1.807) is 26.3 Å². The number of pyridine rings is 1. The zero-order valence-electron chi connectivity index (χ0n) is 10.1. The number of hydrogen-bond donors (Lipinski definition) is 1. The van der Waals surface area contributed by atoms with Gasteiger partial charge in [-0.25, -0.2) is 15.0 Å². The van der Waals surface area contributed by atoms with Crippen LogP contribution in [0.3, 0.4) is 0 Å². The number of aryl methyl sites for hydroxylation is 1. The molecule has 0 radical (unpaired) electrons. The molecule has 0 aliphatic heterocycles. The third-order valence-electron chi connectivity index (χ3n) is 2.29. The average Bonchev–Trinajstić information content (AvgIpc) is 2.36. The molecular weight excluding hydrogens is 252 g/mol. The highest BCUT2D eigenvalue weighted by atomic mass is 35.5. The standard InChI is InChI=1S/C12H13ClN4O/c1-8-16-10(13)5-11(17-8)14-6-9-3-4-12(18-2)15-7-9/h3-5,7H,6H2,1-2H3,(H,14,16,17). The Kier molecular flexibility index (Phi) is 3.94. The minimum Gasteiger partial charge on any atom is -0.481 e. The maximum Gasteiger partial charge on any atom is 0.212 e. The number of nitrogens with zero attached hydrogens (tertiary/aromatic N) is 3. The molecule has 0 spiro atoms. The molecule has 0 aliphatic carbocycles. The second-order valence-electron chi connectivity index (χ2n) is 3.69. The number of halogens is 1. The Morgan fingerprint density at radius 3 is 2.78 bits per heavy atom. The Bertz CT molecular complexity index is 510. The molecule has 0 aliphatic rings. The van der Waals surface area contributed by atoms with E-state index in [1.807, 2.05) is 12.1 Å². The van der Waals surface area contributed by atoms with Crippen molar-refractivity contribution in [2.45, 2.75) is 13.5 Å². The lowest BCUT2D eigenvalue weighted by Gasteiger charge is -2.07. The van der Waals surface area contributed by atoms with Gasteiger partial charge in [-0.15, -0.1) is 0 Å². The summed E-state index contributed by atoms with van der Waals surface area (Å²) in [5.74, 6) is 1.93. The van der Waals surface area contributed by atoms with Gasteiger partial charge in [-0.05, 0) is 12.5 Å². The molecule has 0 atom stereocenters. The molecular formula is C12H13ClN4O. The molecule has 0 saturated heterocycles. The number of rotatable bonds is 4. The molecule has 0 unspecified atom stereocenters. The molecule has 1 N–H and O–H groups in total. The van der Waals surface area contributed by atoms with Crippen molar-refractivity contribution in [2.24, 2.45) is 0 Å². The molecule has 94 valence electrons. The van der Waals surface area contributed by atoms with E-state index in [9.17, 15) is 0 Å². The Hall–Kier alpha value is -1.88. The minimum absolute atomic E-state index is 0.429. The lowest BCUT2D eigenvalue weighted by atomic mass is 10.3. The largest absolute Gasteiger partial charge is 0.481 e. The number of methoxy groups -OCH3 is 1. The first kappa shape index (κ1) is 12.6. The van der Waals surface area contributed by atoms with Crippen molar-refractivity contribution in [2.75, 3.05) is 12.4 Å². The summed E-state index contributed by atoms with van der Waals surface area (Å²) in [5.41, 5.74) is 1.03. The Morgan fingerprint density at radius 1 is 1.33 bits per heavy atom. The molecule has 2 heterocycles. The zero-order chi connectivity index (χ0) is 13.0. The first-order chi connectivity index (χ1) is 8.67. The quantitative estimate of drug-likeness (QED) is 0.860. The summed E-state index contributed by atoms with van der Waals surface area (Å²) < 4.78 is 4.99. The lowest BCUT2D eigenvalue weighted by molar-refractivity contribution is 0.397. The number of hydrogen-bond acceptors (Lipinski definition) is 5. The van der Waals surface area contributed by atoms with E-state index >= 15 is 0 Å². The van der Waals surface area contributed by atoms with Crippen LogP contribution >= 0.6 is 11.6 Å². The smallest absolute Gasteiger partial charge is 0.212 e. The van der Waals surface area contributed by atoms with Crippen LogP contribution in [0.5, 0.6) is 5.88 Å². The fraction of sp³-hybridized carbons (Fsp3) is 0.250. The topological polar surface area (TPSA) is 59.9 Å². The van der Waals surface area contributed by atoms with Crippen molar-refractivity contribution in [3.63, 3.8) is 0 Å². The SMILES string of the molecule is COc1ccc(CNc2cc(Cl)nc(C)n2)cn1. The third kappa shape index (κ3) is 3.30. The van der Waals surface area contributed by atoms with Gasteiger partial charge in [-0.1, -0.05) is 17.7 Å². The van der Waals surface area contributed by atoms with Crippen LogP contribution in [0.4, 0.5) is 5.82 Å². The van der Waals surface area contributed by atoms with Gasteiger partial charge in [0.25, 0.3) is 0 Å². The molecule has 0 amide bonds. The summed E-state index contributed by atoms with van der Waals surface area (Å²) in [6.45, 7) is 2.41. The van der Waals surface area contributed by atoms with Crippen LogP contribution in [0.15, 0.2) is 24.4 Å². The summed E-state index contributed by atoms with van der Waals surface area (Å²) in [7, 11) is 1.59. The van der Waals surface area contributed by atoms with E-state index in [0.717, 1.165) is 5.56 Å². The summed E-state index contributed by atoms with van der Waals surface area (Å²) >= 11 is 5.85. The van der Waals surface area contributed by atoms with Gasteiger partial charge in [0.2, 0.25) is 5.88 Å². The molecule has 0 fully saturated rings. The van der Waals surface area contributed by atoms with Crippen LogP contribution in [-0.4, -0.2) is 22.1 Å². The lowest BCUT2D eigenvalue weighted by Crippen LogP contribution is -2.03. The maximum atomic E-state index is 5.85. The zero-order valence-corrected chi connectivity index (χ0v) is 10.9. The van der Waals surface area contributed by atoms with E-state index in [2.05, 4.69) is 20.3 Å². The predicted octanol–water partition coefficient (Wildman–Crippen LogP) is 2.45. The molecule has 0 aromatic carbocycles. The molecule has 2 aromatic heterocycles. The molecule has 2 aromatic rings. The summed E-state index contributed by atoms with van der Waals surface area (Å²) in [4.78, 5) is 12.4. The van der Waals surface area contributed by atoms with Crippen molar-refractivity contribution in [1.29, 1.82) is 0 Å². The van der Waals surface area contributed by atoms with Gasteiger partial charge >= 0.3 is 0 Å². The summed E-state index contributed by atoms with van der Waals surface area (Å²) in [6, 6.07) is 5.44. The Morgan fingerprint density at radius 2 is 2.17 bits per heavy atom. The number of anilines is 1. The monoisotopic (exact) mass is 264 g/mol. The molecule has 0 saturated carbocycles. The van der Waals surface area contributed by atoms with E-state index in [4.69, 9.17) is 16.3 Å². The van der Waals surface area contributed by atoms with Gasteiger partial charge in [0.15, 0.2) is 0 Å². The van der Waals surface area contributed by atoms with Crippen LogP contribution in [0.25, 0.3) is 0 Å². The van der Waals surface area contributed by atoms with E-state index < -0.39 is 0 Å². The van der Waals surface area contributed by atoms with Gasteiger partial charge in [0.05, 0.1) is 7.11 Å². The highest BCUT2D eigenvalue weighted by Gasteiger charge is 2.00. The fourth-order valence-electron chi connectivity index (χ4n) is 1.45. The number of aromatic nitrogens is 3. The van der Waals surface area contributed by atoms with Crippen LogP contribution in [0, 0.1) is 6.92 Å². The van der Waals surface area contributed by atoms with Gasteiger partial charge in [0, 0.05) is 24.9 Å². The minimum atomic E-state index is 0.429. The van der Waals surface area contributed by atoms with Crippen molar-refractivity contribution < 1.29 is 4.74 Å². The molecule has 2 rings (SSSR count). The molecule has 18 heavy (non-hydrogen) atoms. The van der Waals surface area contributed by atoms with E-state index in [-0.39, 0.29) is 0 Å². The second-order valence-corrected chi connectivity index (χ2v) is 4.07. The van der Waals surface area contributed by atoms with Gasteiger partial charge in [0.1, 0.15) is 16.8 Å². The van der Waals surface area contributed by atoms with E-state index in [0.29, 0.717) is 29.2 Å². The van der Waals surface area contributed by atoms with Gasteiger partial charge in [-0.2, -0.15) is 0 Å². The van der Waals surface area contributed by atoms with Crippen LogP contribution < -0.4 is 10.1 Å². The Labute approximate surface area is 110 Å². The van der Waals surface area contributed by atoms with Gasteiger partial charge < -0.3 is 10.1 Å². The van der Waals surface area contributed by atoms with E-state index in [1.165, 1.54) is 0 Å². The third-order valence-corrected chi connectivity index (χ3v) is 2.48. The van der Waals surface area contributed by atoms with Gasteiger partial charge in [-0.3, -0.25) is 0 Å². The van der Waals surface area contributed by atoms with Crippen LogP contribution in [0.1, 0.15) is 11.4 Å². The normalized spacial score (nSPS) is 10.2. The summed E-state index contributed by atoms with van der Waals surface area (Å²) in [6.07, 6.45) is 1.75. The predicted molar refractivity (Wildman–Crippen MR) is 69.9 cm³/mol. The summed E-state index contributed by atoms with van der Waals surface area (Å²) in [5, 5.41) is 3.59. The van der Waals surface area contributed by atoms with Crippen LogP contribution in [0.2, 0.25) is 5.15 Å². The maximum absolute atomic E-state index is 5.85. The molecule has 5 nitrogen and oxygen atoms in total. The first-order valence-electron chi connectivity index (χ1n) is 5.41. The molecule has 0 bridgehead atoms. The van der Waals surface area contributed by atoms with Crippen LogP contribution in [-0.2, 0) is 6.54 Å². The Balaban J connectivity index is 2.01. The molecule has 6 heteroatoms. The highest BCUT2D eigenvalue weighted by Crippen LogP contribution is 2.13. The van der Waals surface area contributed by atoms with Crippen molar-refractivity contribution in [1.82, 2.24) is 15.0 Å². The number of ether oxygens (including phenoxy) is 1. The number of nitrogens with one attached hydrogen (secondary N) is 1. The second kappa shape index (κ2) is 5.64. The first-order valence-corrected chi connectivity index (χ1v) is 5.79. The van der Waals surface area contributed by atoms with Crippen molar-refractivity contribution >= 4 is 17.4 Å². The highest BCUT2D eigenvalue weighted by molar-refractivity contribution is 6.29. The van der Waals surface area contributed by atoms with Crippen molar-refractivity contribution in [3.8, 4) is 5.88 Å². The average molecular weight is 265 g/mol. The fourth-order valence-corrected chi connectivity index (χ4v) is 1.68.